The first-order valence-electron chi connectivity index (χ1n) is 8.44. The molecule has 0 aromatic carbocycles. The summed E-state index contributed by atoms with van der Waals surface area (Å²) in [6, 6.07) is 1.13. The number of nitrogens with one attached hydrogen (secondary N) is 1. The van der Waals surface area contributed by atoms with E-state index in [-0.39, 0.29) is 17.5 Å². The fraction of sp³-hybridized carbons (Fsp3) is 0.625. The molecule has 0 radical (unpaired) electrons. The van der Waals surface area contributed by atoms with Gasteiger partial charge in [-0.05, 0) is 19.4 Å². The van der Waals surface area contributed by atoms with Crippen molar-refractivity contribution >= 4 is 5.91 Å². The Hall–Kier alpha value is -2.30. The van der Waals surface area contributed by atoms with E-state index >= 15 is 0 Å². The minimum absolute atomic E-state index is 0.252. The molecule has 3 rings (SSSR count). The van der Waals surface area contributed by atoms with Crippen molar-refractivity contribution in [2.75, 3.05) is 7.11 Å². The standard InChI is InChI=1S/C16H24N6O4/c1-9-4-13(19-21(9)2)16(25)17-12-5-10(14(23)15(12)24)6-22-7-11(8-26-3)18-20-22/h4,7,10,12,14-15,23-24H,5-6,8H2,1-3H3,(H,17,25). The van der Waals surface area contributed by atoms with Crippen molar-refractivity contribution in [1.82, 2.24) is 30.1 Å². The zero-order valence-electron chi connectivity index (χ0n) is 15.0. The molecule has 1 aliphatic carbocycles. The molecule has 1 aliphatic rings. The number of nitrogens with zero attached hydrogens (tertiary/aromatic N) is 5. The van der Waals surface area contributed by atoms with Crippen LogP contribution < -0.4 is 5.32 Å². The van der Waals surface area contributed by atoms with Crippen LogP contribution in [-0.2, 0) is 24.9 Å². The molecule has 4 unspecified atom stereocenters. The highest BCUT2D eigenvalue weighted by molar-refractivity contribution is 5.92. The molecule has 26 heavy (non-hydrogen) atoms. The molecule has 2 heterocycles. The van der Waals surface area contributed by atoms with Crippen molar-refractivity contribution < 1.29 is 19.7 Å². The van der Waals surface area contributed by atoms with Crippen LogP contribution >= 0.6 is 0 Å². The number of rotatable bonds is 6. The van der Waals surface area contributed by atoms with E-state index in [9.17, 15) is 15.0 Å². The van der Waals surface area contributed by atoms with Crippen molar-refractivity contribution in [3.05, 3.63) is 29.3 Å². The Labute approximate surface area is 150 Å². The Morgan fingerprint density at radius 3 is 2.85 bits per heavy atom. The maximum atomic E-state index is 12.3. The molecular weight excluding hydrogens is 340 g/mol. The van der Waals surface area contributed by atoms with Crippen LogP contribution in [0.4, 0.5) is 0 Å². The molecule has 0 spiro atoms. The molecule has 1 saturated carbocycles. The second kappa shape index (κ2) is 7.52. The van der Waals surface area contributed by atoms with Gasteiger partial charge in [-0.25, -0.2) is 0 Å². The average molecular weight is 364 g/mol. The molecular formula is C16H24N6O4. The van der Waals surface area contributed by atoms with Gasteiger partial charge < -0.3 is 20.3 Å². The summed E-state index contributed by atoms with van der Waals surface area (Å²) in [6.07, 6.45) is 0.168. The highest BCUT2D eigenvalue weighted by Gasteiger charge is 2.42. The van der Waals surface area contributed by atoms with Gasteiger partial charge in [-0.2, -0.15) is 5.10 Å². The summed E-state index contributed by atoms with van der Waals surface area (Å²) in [7, 11) is 3.33. The number of amides is 1. The van der Waals surface area contributed by atoms with Gasteiger partial charge in [0, 0.05) is 32.3 Å². The van der Waals surface area contributed by atoms with Gasteiger partial charge in [0.05, 0.1) is 24.9 Å². The van der Waals surface area contributed by atoms with Crippen LogP contribution in [0.5, 0.6) is 0 Å². The molecule has 3 N–H and O–H groups in total. The van der Waals surface area contributed by atoms with Gasteiger partial charge in [-0.3, -0.25) is 14.2 Å². The van der Waals surface area contributed by atoms with E-state index in [4.69, 9.17) is 4.74 Å². The third kappa shape index (κ3) is 3.76. The summed E-state index contributed by atoms with van der Waals surface area (Å²) in [4.78, 5) is 12.3. The summed E-state index contributed by atoms with van der Waals surface area (Å²) in [5.74, 6) is -0.619. The lowest BCUT2D eigenvalue weighted by Crippen LogP contribution is -2.43. The second-order valence-electron chi connectivity index (χ2n) is 6.72. The number of hydrogen-bond donors (Lipinski definition) is 3. The van der Waals surface area contributed by atoms with Gasteiger partial charge in [0.1, 0.15) is 17.5 Å². The normalized spacial score (nSPS) is 25.6. The molecule has 0 saturated heterocycles. The number of aliphatic hydroxyl groups is 2. The highest BCUT2D eigenvalue weighted by Crippen LogP contribution is 2.28. The highest BCUT2D eigenvalue weighted by atomic mass is 16.5. The summed E-state index contributed by atoms with van der Waals surface area (Å²) < 4.78 is 8.23. The van der Waals surface area contributed by atoms with E-state index in [0.29, 0.717) is 25.3 Å². The van der Waals surface area contributed by atoms with Gasteiger partial charge in [0.15, 0.2) is 0 Å². The number of methoxy groups -OCH3 is 1. The quantitative estimate of drug-likeness (QED) is 0.600. The minimum atomic E-state index is -1.05. The van der Waals surface area contributed by atoms with Gasteiger partial charge in [0.25, 0.3) is 5.91 Å². The fourth-order valence-electron chi connectivity index (χ4n) is 3.24. The SMILES string of the molecule is COCc1cn(CC2CC(NC(=O)c3cc(C)n(C)n3)C(O)C2O)nn1. The Morgan fingerprint density at radius 2 is 2.19 bits per heavy atom. The number of carbonyl (C=O) groups excluding carboxylic acids is 1. The predicted molar refractivity (Wildman–Crippen MR) is 90.1 cm³/mol. The number of aryl methyl sites for hydroxylation is 2. The summed E-state index contributed by atoms with van der Waals surface area (Å²) in [5.41, 5.74) is 1.84. The Bertz CT molecular complexity index is 753. The van der Waals surface area contributed by atoms with E-state index in [1.54, 1.807) is 35.8 Å². The number of hydrogen-bond acceptors (Lipinski definition) is 7. The van der Waals surface area contributed by atoms with E-state index in [0.717, 1.165) is 5.69 Å². The van der Waals surface area contributed by atoms with Gasteiger partial charge in [-0.15, -0.1) is 5.10 Å². The zero-order chi connectivity index (χ0) is 18.8. The first kappa shape index (κ1) is 18.5. The Kier molecular flexibility index (Phi) is 5.35. The minimum Gasteiger partial charge on any atom is -0.390 e. The third-order valence-electron chi connectivity index (χ3n) is 4.76. The number of ether oxygens (including phenoxy) is 1. The first-order valence-corrected chi connectivity index (χ1v) is 8.44. The molecule has 2 aromatic rings. The number of aliphatic hydroxyl groups excluding tert-OH is 2. The maximum Gasteiger partial charge on any atom is 0.272 e. The van der Waals surface area contributed by atoms with E-state index in [1.165, 1.54) is 0 Å². The van der Waals surface area contributed by atoms with Crippen LogP contribution in [0.1, 0.15) is 28.3 Å². The summed E-state index contributed by atoms with van der Waals surface area (Å²) >= 11 is 0. The largest absolute Gasteiger partial charge is 0.390 e. The molecule has 1 amide bonds. The number of aromatic nitrogens is 5. The Balaban J connectivity index is 1.62. The van der Waals surface area contributed by atoms with Crippen LogP contribution in [0.25, 0.3) is 0 Å². The van der Waals surface area contributed by atoms with Crippen LogP contribution in [0.3, 0.4) is 0 Å². The lowest BCUT2D eigenvalue weighted by molar-refractivity contribution is 0.00759. The molecule has 0 bridgehead atoms. The monoisotopic (exact) mass is 364 g/mol. The molecule has 4 atom stereocenters. The topological polar surface area (TPSA) is 127 Å². The maximum absolute atomic E-state index is 12.3. The summed E-state index contributed by atoms with van der Waals surface area (Å²) in [6.45, 7) is 2.60. The molecule has 10 nitrogen and oxygen atoms in total. The molecule has 10 heteroatoms. The number of carbonyl (C=O) groups is 1. The predicted octanol–water partition coefficient (Wildman–Crippen LogP) is -0.993. The van der Waals surface area contributed by atoms with Gasteiger partial charge in [0.2, 0.25) is 0 Å². The van der Waals surface area contributed by atoms with Crippen molar-refractivity contribution in [2.24, 2.45) is 13.0 Å². The van der Waals surface area contributed by atoms with Crippen LogP contribution in [0.2, 0.25) is 0 Å². The van der Waals surface area contributed by atoms with Crippen molar-refractivity contribution in [2.45, 2.75) is 44.7 Å². The third-order valence-corrected chi connectivity index (χ3v) is 4.76. The van der Waals surface area contributed by atoms with E-state index < -0.39 is 18.2 Å². The fourth-order valence-corrected chi connectivity index (χ4v) is 3.24. The van der Waals surface area contributed by atoms with Crippen LogP contribution in [0, 0.1) is 12.8 Å². The van der Waals surface area contributed by atoms with Crippen LogP contribution in [-0.4, -0.2) is 66.3 Å². The smallest absolute Gasteiger partial charge is 0.272 e. The zero-order valence-corrected chi connectivity index (χ0v) is 15.0. The second-order valence-corrected chi connectivity index (χ2v) is 6.72. The molecule has 1 fully saturated rings. The van der Waals surface area contributed by atoms with E-state index in [2.05, 4.69) is 20.7 Å². The average Bonchev–Trinajstić information content (AvgIpc) is 3.25. The Morgan fingerprint density at radius 1 is 1.42 bits per heavy atom. The molecule has 0 aliphatic heterocycles. The van der Waals surface area contributed by atoms with E-state index in [1.807, 2.05) is 6.92 Å². The van der Waals surface area contributed by atoms with Crippen molar-refractivity contribution in [3.63, 3.8) is 0 Å². The van der Waals surface area contributed by atoms with Gasteiger partial charge >= 0.3 is 0 Å². The summed E-state index contributed by atoms with van der Waals surface area (Å²) in [5, 5.41) is 35.5. The van der Waals surface area contributed by atoms with Crippen molar-refractivity contribution in [3.8, 4) is 0 Å². The molecule has 142 valence electrons. The van der Waals surface area contributed by atoms with Crippen molar-refractivity contribution in [1.29, 1.82) is 0 Å². The first-order chi connectivity index (χ1) is 12.4. The lowest BCUT2D eigenvalue weighted by Gasteiger charge is -2.17. The van der Waals surface area contributed by atoms with Gasteiger partial charge in [-0.1, -0.05) is 5.21 Å². The molecule has 2 aromatic heterocycles. The van der Waals surface area contributed by atoms with Crippen LogP contribution in [0.15, 0.2) is 12.3 Å². The lowest BCUT2D eigenvalue weighted by atomic mass is 10.1.